The van der Waals surface area contributed by atoms with Crippen molar-refractivity contribution in [3.63, 3.8) is 0 Å². The normalized spacial score (nSPS) is 11.6. The van der Waals surface area contributed by atoms with Gasteiger partial charge >= 0.3 is 0 Å². The van der Waals surface area contributed by atoms with Crippen LogP contribution in [0.15, 0.2) is 24.5 Å². The summed E-state index contributed by atoms with van der Waals surface area (Å²) in [5, 5.41) is 8.05. The van der Waals surface area contributed by atoms with Crippen molar-refractivity contribution in [2.45, 2.75) is 13.3 Å². The molecular weight excluding hydrogens is 252 g/mol. The van der Waals surface area contributed by atoms with E-state index in [2.05, 4.69) is 15.2 Å². The molecular formula is C12H11F2N5. The van der Waals surface area contributed by atoms with Gasteiger partial charge in [-0.05, 0) is 13.0 Å². The molecule has 0 radical (unpaired) electrons. The Kier molecular flexibility index (Phi) is 2.55. The number of halogens is 2. The third-order valence-corrected chi connectivity index (χ3v) is 2.90. The van der Waals surface area contributed by atoms with E-state index in [0.717, 1.165) is 15.8 Å². The molecule has 0 atom stereocenters. The molecule has 0 saturated carbocycles. The first-order valence-corrected chi connectivity index (χ1v) is 5.69. The SMILES string of the molecule is Cc1nn(C)cc1-c1cc(C(F)F)n2nccc2n1. The predicted molar refractivity (Wildman–Crippen MR) is 64.9 cm³/mol. The van der Waals surface area contributed by atoms with E-state index < -0.39 is 6.43 Å². The molecule has 0 amide bonds. The Morgan fingerprint density at radius 3 is 2.74 bits per heavy atom. The van der Waals surface area contributed by atoms with Crippen molar-refractivity contribution in [2.75, 3.05) is 0 Å². The van der Waals surface area contributed by atoms with Crippen LogP contribution in [0.1, 0.15) is 17.8 Å². The van der Waals surface area contributed by atoms with Gasteiger partial charge in [0.25, 0.3) is 6.43 Å². The van der Waals surface area contributed by atoms with E-state index in [1.807, 2.05) is 6.92 Å². The maximum atomic E-state index is 13.1. The number of aromatic nitrogens is 5. The highest BCUT2D eigenvalue weighted by atomic mass is 19.3. The minimum Gasteiger partial charge on any atom is -0.275 e. The first kappa shape index (κ1) is 11.8. The quantitative estimate of drug-likeness (QED) is 0.713. The van der Waals surface area contributed by atoms with Gasteiger partial charge in [0.2, 0.25) is 0 Å². The van der Waals surface area contributed by atoms with Crippen molar-refractivity contribution in [1.29, 1.82) is 0 Å². The Labute approximate surface area is 107 Å². The van der Waals surface area contributed by atoms with E-state index in [9.17, 15) is 8.78 Å². The van der Waals surface area contributed by atoms with Crippen LogP contribution in [0.4, 0.5) is 8.78 Å². The van der Waals surface area contributed by atoms with Crippen molar-refractivity contribution in [3.05, 3.63) is 35.9 Å². The second kappa shape index (κ2) is 4.11. The molecule has 0 fully saturated rings. The lowest BCUT2D eigenvalue weighted by molar-refractivity contribution is 0.143. The molecule has 0 aromatic carbocycles. The summed E-state index contributed by atoms with van der Waals surface area (Å²) in [4.78, 5) is 4.34. The summed E-state index contributed by atoms with van der Waals surface area (Å²) in [7, 11) is 1.78. The van der Waals surface area contributed by atoms with Gasteiger partial charge in [0, 0.05) is 24.9 Å². The lowest BCUT2D eigenvalue weighted by Crippen LogP contribution is -2.02. The van der Waals surface area contributed by atoms with Gasteiger partial charge in [-0.3, -0.25) is 4.68 Å². The van der Waals surface area contributed by atoms with Crippen LogP contribution in [0.5, 0.6) is 0 Å². The molecule has 3 aromatic rings. The van der Waals surface area contributed by atoms with E-state index in [1.54, 1.807) is 24.0 Å². The fraction of sp³-hybridized carbons (Fsp3) is 0.250. The van der Waals surface area contributed by atoms with Crippen molar-refractivity contribution < 1.29 is 8.78 Å². The number of rotatable bonds is 2. The lowest BCUT2D eigenvalue weighted by atomic mass is 10.1. The smallest absolute Gasteiger partial charge is 0.275 e. The van der Waals surface area contributed by atoms with Crippen LogP contribution in [0.25, 0.3) is 16.9 Å². The third kappa shape index (κ3) is 1.87. The molecule has 0 unspecified atom stereocenters. The Hall–Kier alpha value is -2.31. The van der Waals surface area contributed by atoms with Crippen LogP contribution in [0, 0.1) is 6.92 Å². The van der Waals surface area contributed by atoms with Gasteiger partial charge in [-0.25, -0.2) is 18.3 Å². The predicted octanol–water partition coefficient (Wildman–Crippen LogP) is 2.38. The highest BCUT2D eigenvalue weighted by Crippen LogP contribution is 2.26. The summed E-state index contributed by atoms with van der Waals surface area (Å²) < 4.78 is 28.9. The number of hydrogen-bond donors (Lipinski definition) is 0. The average molecular weight is 263 g/mol. The Morgan fingerprint density at radius 2 is 2.11 bits per heavy atom. The molecule has 0 bridgehead atoms. The van der Waals surface area contributed by atoms with Gasteiger partial charge in [-0.2, -0.15) is 10.2 Å². The monoisotopic (exact) mass is 263 g/mol. The number of fused-ring (bicyclic) bond motifs is 1. The topological polar surface area (TPSA) is 48.0 Å². The lowest BCUT2D eigenvalue weighted by Gasteiger charge is -2.06. The maximum Gasteiger partial charge on any atom is 0.280 e. The number of nitrogens with zero attached hydrogens (tertiary/aromatic N) is 5. The zero-order valence-corrected chi connectivity index (χ0v) is 10.4. The molecule has 0 saturated heterocycles. The number of aryl methyl sites for hydroxylation is 2. The summed E-state index contributed by atoms with van der Waals surface area (Å²) in [5.74, 6) is 0. The molecule has 0 aliphatic heterocycles. The molecule has 0 spiro atoms. The summed E-state index contributed by atoms with van der Waals surface area (Å²) in [6.45, 7) is 1.82. The third-order valence-electron chi connectivity index (χ3n) is 2.90. The fourth-order valence-corrected chi connectivity index (χ4v) is 2.08. The molecule has 98 valence electrons. The highest BCUT2D eigenvalue weighted by molar-refractivity contribution is 5.64. The van der Waals surface area contributed by atoms with Crippen LogP contribution >= 0.6 is 0 Å². The molecule has 3 heterocycles. The summed E-state index contributed by atoms with van der Waals surface area (Å²) in [5.41, 5.74) is 2.20. The van der Waals surface area contributed by atoms with Gasteiger partial charge in [-0.15, -0.1) is 0 Å². The van der Waals surface area contributed by atoms with Crippen LogP contribution in [-0.4, -0.2) is 24.4 Å². The Morgan fingerprint density at radius 1 is 1.32 bits per heavy atom. The minimum absolute atomic E-state index is 0.173. The van der Waals surface area contributed by atoms with Crippen LogP contribution in [0.2, 0.25) is 0 Å². The van der Waals surface area contributed by atoms with E-state index in [4.69, 9.17) is 0 Å². The van der Waals surface area contributed by atoms with Gasteiger partial charge in [0.1, 0.15) is 5.69 Å². The van der Waals surface area contributed by atoms with Crippen LogP contribution in [0.3, 0.4) is 0 Å². The molecule has 0 aliphatic carbocycles. The van der Waals surface area contributed by atoms with Gasteiger partial charge in [0.15, 0.2) is 5.65 Å². The largest absolute Gasteiger partial charge is 0.280 e. The molecule has 5 nitrogen and oxygen atoms in total. The highest BCUT2D eigenvalue weighted by Gasteiger charge is 2.17. The zero-order chi connectivity index (χ0) is 13.6. The fourth-order valence-electron chi connectivity index (χ4n) is 2.08. The summed E-state index contributed by atoms with van der Waals surface area (Å²) in [6, 6.07) is 2.95. The zero-order valence-electron chi connectivity index (χ0n) is 10.4. The van der Waals surface area contributed by atoms with Crippen molar-refractivity contribution >= 4 is 5.65 Å². The Bertz CT molecular complexity index is 744. The van der Waals surface area contributed by atoms with Gasteiger partial charge in [0.05, 0.1) is 17.6 Å². The molecule has 0 aliphatic rings. The minimum atomic E-state index is -2.61. The van der Waals surface area contributed by atoms with Crippen LogP contribution in [-0.2, 0) is 7.05 Å². The number of alkyl halides is 2. The molecule has 19 heavy (non-hydrogen) atoms. The maximum absolute atomic E-state index is 13.1. The summed E-state index contributed by atoms with van der Waals surface area (Å²) in [6.07, 6.45) is 0.606. The molecule has 0 N–H and O–H groups in total. The van der Waals surface area contributed by atoms with Gasteiger partial charge in [-0.1, -0.05) is 0 Å². The van der Waals surface area contributed by atoms with E-state index in [1.165, 1.54) is 12.3 Å². The first-order valence-electron chi connectivity index (χ1n) is 5.69. The molecule has 7 heteroatoms. The van der Waals surface area contributed by atoms with E-state index >= 15 is 0 Å². The first-order chi connectivity index (χ1) is 9.06. The van der Waals surface area contributed by atoms with Crippen molar-refractivity contribution in [1.82, 2.24) is 24.4 Å². The second-order valence-electron chi connectivity index (χ2n) is 4.27. The van der Waals surface area contributed by atoms with Crippen LogP contribution < -0.4 is 0 Å². The van der Waals surface area contributed by atoms with E-state index in [0.29, 0.717) is 11.3 Å². The second-order valence-corrected chi connectivity index (χ2v) is 4.27. The van der Waals surface area contributed by atoms with E-state index in [-0.39, 0.29) is 5.69 Å². The standard InChI is InChI=1S/C12H11F2N5/c1-7-8(6-18(2)17-7)9-5-10(12(13)14)19-11(16-9)3-4-15-19/h3-6,12H,1-2H3. The number of hydrogen-bond acceptors (Lipinski definition) is 3. The van der Waals surface area contributed by atoms with Crippen molar-refractivity contribution in [3.8, 4) is 11.3 Å². The van der Waals surface area contributed by atoms with Gasteiger partial charge < -0.3 is 0 Å². The Balaban J connectivity index is 2.27. The molecule has 3 aromatic heterocycles. The average Bonchev–Trinajstić information content (AvgIpc) is 2.93. The summed E-state index contributed by atoms with van der Waals surface area (Å²) >= 11 is 0. The van der Waals surface area contributed by atoms with Crippen molar-refractivity contribution in [2.24, 2.45) is 7.05 Å². The molecule has 3 rings (SSSR count).